The van der Waals surface area contributed by atoms with Crippen molar-refractivity contribution in [1.29, 1.82) is 0 Å². The largest absolute Gasteiger partial charge is 0.477 e. The summed E-state index contributed by atoms with van der Waals surface area (Å²) in [5.41, 5.74) is 5.96. The number of nitrogens with two attached hydrogens (primary N) is 1. The third kappa shape index (κ3) is 4.69. The fraction of sp³-hybridized carbons (Fsp3) is 0.667. The summed E-state index contributed by atoms with van der Waals surface area (Å²) in [5, 5.41) is 26.7. The topological polar surface area (TPSA) is 189 Å². The van der Waals surface area contributed by atoms with Gasteiger partial charge in [-0.2, -0.15) is 0 Å². The molecular formula is C21H31N9O5S. The van der Waals surface area contributed by atoms with E-state index in [-0.39, 0.29) is 47.3 Å². The number of carboxylic acids is 1. The van der Waals surface area contributed by atoms with Crippen LogP contribution in [0.25, 0.3) is 0 Å². The lowest BCUT2D eigenvalue weighted by atomic mass is 9.78. The van der Waals surface area contributed by atoms with Crippen LogP contribution in [0.15, 0.2) is 16.9 Å². The monoisotopic (exact) mass is 521 g/mol. The first-order valence-electron chi connectivity index (χ1n) is 11.7. The number of carbonyl (C=O) groups is 4. The van der Waals surface area contributed by atoms with Gasteiger partial charge in [-0.15, -0.1) is 16.9 Å². The average Bonchev–Trinajstić information content (AvgIpc) is 3.54. The molecule has 0 radical (unpaired) electrons. The number of tetrazole rings is 1. The summed E-state index contributed by atoms with van der Waals surface area (Å²) in [6.07, 6.45) is 1.92. The lowest BCUT2D eigenvalue weighted by Gasteiger charge is -2.47. The van der Waals surface area contributed by atoms with Crippen LogP contribution < -0.4 is 16.4 Å². The molecule has 4 rings (SSSR count). The summed E-state index contributed by atoms with van der Waals surface area (Å²) < 4.78 is 1.34. The highest BCUT2D eigenvalue weighted by atomic mass is 32.2. The molecule has 7 atom stereocenters. The highest BCUT2D eigenvalue weighted by Crippen LogP contribution is 2.51. The Morgan fingerprint density at radius 3 is 2.72 bits per heavy atom. The highest BCUT2D eigenvalue weighted by Gasteiger charge is 2.60. The Hall–Kier alpha value is -3.04. The van der Waals surface area contributed by atoms with Crippen molar-refractivity contribution in [2.24, 2.45) is 17.6 Å². The van der Waals surface area contributed by atoms with Crippen molar-refractivity contribution in [3.8, 4) is 0 Å². The lowest BCUT2D eigenvalue weighted by molar-refractivity contribution is -0.158. The fourth-order valence-electron chi connectivity index (χ4n) is 5.14. The predicted molar refractivity (Wildman–Crippen MR) is 128 cm³/mol. The molecule has 36 heavy (non-hydrogen) atoms. The molecule has 2 fully saturated rings. The normalized spacial score (nSPS) is 29.0. The molecule has 2 saturated heterocycles. The van der Waals surface area contributed by atoms with Crippen molar-refractivity contribution in [3.05, 3.63) is 16.9 Å². The standard InChI is InChI=1S/C21H31N9O5S/c1-9-15-14(10(2)25-18(31)12(22)7-29-8-24-26-27-29)20(33)30(15)16(21(34)35)17(9)36-11-5-13(23-6-11)19(32)28(3)4/h8-15,23H,5-7,22H2,1-4H3,(H,25,31)(H,34,35)/t9-,10?,11+,12?,13+,14-,15-/m1/s1. The number of carbonyl (C=O) groups excluding carboxylic acids is 3. The number of amides is 3. The van der Waals surface area contributed by atoms with E-state index in [2.05, 4.69) is 26.2 Å². The van der Waals surface area contributed by atoms with Crippen LogP contribution in [0, 0.1) is 11.8 Å². The molecule has 0 saturated carbocycles. The van der Waals surface area contributed by atoms with E-state index in [4.69, 9.17) is 5.73 Å². The predicted octanol–water partition coefficient (Wildman–Crippen LogP) is -2.17. The highest BCUT2D eigenvalue weighted by molar-refractivity contribution is 8.03. The van der Waals surface area contributed by atoms with Crippen LogP contribution in [0.4, 0.5) is 0 Å². The summed E-state index contributed by atoms with van der Waals surface area (Å²) in [6.45, 7) is 4.26. The Morgan fingerprint density at radius 2 is 2.11 bits per heavy atom. The molecule has 196 valence electrons. The number of aromatic nitrogens is 4. The van der Waals surface area contributed by atoms with Gasteiger partial charge in [0.1, 0.15) is 18.1 Å². The van der Waals surface area contributed by atoms with Gasteiger partial charge in [0, 0.05) is 42.8 Å². The van der Waals surface area contributed by atoms with E-state index in [0.717, 1.165) is 0 Å². The van der Waals surface area contributed by atoms with E-state index in [0.29, 0.717) is 17.9 Å². The van der Waals surface area contributed by atoms with Gasteiger partial charge >= 0.3 is 5.97 Å². The van der Waals surface area contributed by atoms with E-state index in [1.54, 1.807) is 21.0 Å². The van der Waals surface area contributed by atoms with Crippen LogP contribution >= 0.6 is 11.8 Å². The molecule has 14 nitrogen and oxygen atoms in total. The van der Waals surface area contributed by atoms with Gasteiger partial charge in [0.15, 0.2) is 0 Å². The van der Waals surface area contributed by atoms with E-state index >= 15 is 0 Å². The summed E-state index contributed by atoms with van der Waals surface area (Å²) in [7, 11) is 3.40. The summed E-state index contributed by atoms with van der Waals surface area (Å²) in [4.78, 5) is 53.7. The third-order valence-electron chi connectivity index (χ3n) is 6.93. The average molecular weight is 522 g/mol. The molecule has 0 aromatic carbocycles. The van der Waals surface area contributed by atoms with E-state index in [9.17, 15) is 24.3 Å². The van der Waals surface area contributed by atoms with Gasteiger partial charge in [-0.25, -0.2) is 9.48 Å². The molecule has 0 aliphatic carbocycles. The third-order valence-corrected chi connectivity index (χ3v) is 8.45. The second-order valence-electron chi connectivity index (χ2n) is 9.64. The molecule has 3 aliphatic rings. The first kappa shape index (κ1) is 26.0. The molecule has 15 heteroatoms. The first-order chi connectivity index (χ1) is 17.0. The number of hydrogen-bond donors (Lipinski definition) is 4. The van der Waals surface area contributed by atoms with Gasteiger partial charge < -0.3 is 31.3 Å². The maximum absolute atomic E-state index is 13.1. The zero-order chi connectivity index (χ0) is 26.3. The Balaban J connectivity index is 1.42. The van der Waals surface area contributed by atoms with Crippen molar-refractivity contribution in [1.82, 2.24) is 40.6 Å². The van der Waals surface area contributed by atoms with Crippen LogP contribution in [-0.4, -0.2) is 109 Å². The minimum absolute atomic E-state index is 0.000600. The second kappa shape index (κ2) is 10.1. The Labute approximate surface area is 212 Å². The molecule has 1 aromatic rings. The molecule has 0 spiro atoms. The molecule has 0 bridgehead atoms. The SMILES string of the molecule is CC(NC(=O)C(N)Cn1cnnn1)[C@H]1C(=O)N2C(C(=O)O)=C(S[C@@H]3CN[C@H](C(=O)N(C)C)C3)[C@H](C)[C@H]12. The molecule has 3 amide bonds. The number of likely N-dealkylation sites (N-methyl/N-ethyl adjacent to an activating group) is 1. The fourth-order valence-corrected chi connectivity index (χ4v) is 6.62. The molecule has 4 heterocycles. The smallest absolute Gasteiger partial charge is 0.353 e. The summed E-state index contributed by atoms with van der Waals surface area (Å²) in [6, 6.07) is -2.18. The zero-order valence-corrected chi connectivity index (χ0v) is 21.3. The number of rotatable bonds is 9. The number of hydrogen-bond acceptors (Lipinski definition) is 10. The van der Waals surface area contributed by atoms with Crippen molar-refractivity contribution in [3.63, 3.8) is 0 Å². The van der Waals surface area contributed by atoms with E-state index < -0.39 is 29.9 Å². The summed E-state index contributed by atoms with van der Waals surface area (Å²) in [5.74, 6) is -2.79. The Kier molecular flexibility index (Phi) is 7.33. The number of carboxylic acid groups (broad SMARTS) is 1. The minimum atomic E-state index is -1.16. The zero-order valence-electron chi connectivity index (χ0n) is 20.5. The summed E-state index contributed by atoms with van der Waals surface area (Å²) >= 11 is 1.42. The van der Waals surface area contributed by atoms with Gasteiger partial charge in [0.05, 0.1) is 24.5 Å². The van der Waals surface area contributed by atoms with Gasteiger partial charge in [0.2, 0.25) is 17.7 Å². The van der Waals surface area contributed by atoms with Gasteiger partial charge in [0.25, 0.3) is 0 Å². The van der Waals surface area contributed by atoms with Crippen LogP contribution in [0.5, 0.6) is 0 Å². The molecule has 2 unspecified atom stereocenters. The van der Waals surface area contributed by atoms with Crippen LogP contribution in [-0.2, 0) is 25.7 Å². The van der Waals surface area contributed by atoms with Gasteiger partial charge in [-0.05, 0) is 23.8 Å². The number of aliphatic carboxylic acids is 1. The Bertz CT molecular complexity index is 1080. The van der Waals surface area contributed by atoms with Crippen LogP contribution in [0.1, 0.15) is 20.3 Å². The van der Waals surface area contributed by atoms with Crippen molar-refractivity contribution in [2.75, 3.05) is 20.6 Å². The molecule has 5 N–H and O–H groups in total. The quantitative estimate of drug-likeness (QED) is 0.259. The van der Waals surface area contributed by atoms with Gasteiger partial charge in [-0.3, -0.25) is 14.4 Å². The minimum Gasteiger partial charge on any atom is -0.477 e. The van der Waals surface area contributed by atoms with E-state index in [1.807, 2.05) is 6.92 Å². The number of thioether (sulfide) groups is 1. The Morgan fingerprint density at radius 1 is 1.39 bits per heavy atom. The second-order valence-corrected chi connectivity index (χ2v) is 11.0. The van der Waals surface area contributed by atoms with Crippen molar-refractivity contribution < 1.29 is 24.3 Å². The molecule has 3 aliphatic heterocycles. The molecule has 1 aromatic heterocycles. The van der Waals surface area contributed by atoms with Crippen molar-refractivity contribution >= 4 is 35.5 Å². The number of fused-ring (bicyclic) bond motifs is 1. The van der Waals surface area contributed by atoms with Crippen LogP contribution in [0.3, 0.4) is 0 Å². The van der Waals surface area contributed by atoms with Crippen LogP contribution in [0.2, 0.25) is 0 Å². The number of β-lactam (4-membered cyclic amide) rings is 1. The van der Waals surface area contributed by atoms with E-state index in [1.165, 1.54) is 32.6 Å². The molecular weight excluding hydrogens is 490 g/mol. The maximum atomic E-state index is 13.1. The maximum Gasteiger partial charge on any atom is 0.353 e. The van der Waals surface area contributed by atoms with Crippen molar-refractivity contribution in [2.45, 2.75) is 56.2 Å². The number of nitrogens with one attached hydrogen (secondary N) is 2. The lowest BCUT2D eigenvalue weighted by Crippen LogP contribution is -2.66. The first-order valence-corrected chi connectivity index (χ1v) is 12.6. The number of nitrogens with zero attached hydrogens (tertiary/aromatic N) is 6. The van der Waals surface area contributed by atoms with Gasteiger partial charge in [-0.1, -0.05) is 6.92 Å².